The van der Waals surface area contributed by atoms with Gasteiger partial charge < -0.3 is 9.47 Å². The lowest BCUT2D eigenvalue weighted by atomic mass is 10.0. The molecule has 1 aliphatic heterocycles. The third kappa shape index (κ3) is 5.56. The third-order valence-electron chi connectivity index (χ3n) is 5.95. The SMILES string of the molecule is COc1ccc(C=C2C(=O)NC(=S)N(c3ccc(Oc4ccccc4)cc3)C2=O)cc1Cn1cc([N+](=O)[O-])cn1. The summed E-state index contributed by atoms with van der Waals surface area (Å²) in [7, 11) is 1.50. The first-order valence-corrected chi connectivity index (χ1v) is 12.3. The van der Waals surface area contributed by atoms with Crippen molar-refractivity contribution in [3.8, 4) is 17.2 Å². The predicted octanol–water partition coefficient (Wildman–Crippen LogP) is 4.47. The van der Waals surface area contributed by atoms with Crippen LogP contribution in [0.15, 0.2) is 90.8 Å². The third-order valence-corrected chi connectivity index (χ3v) is 6.24. The molecule has 0 saturated carbocycles. The molecule has 1 N–H and O–H groups in total. The molecule has 4 aromatic rings. The number of carbonyl (C=O) groups is 2. The summed E-state index contributed by atoms with van der Waals surface area (Å²) in [6, 6.07) is 21.1. The summed E-state index contributed by atoms with van der Waals surface area (Å²) in [5, 5.41) is 17.5. The first kappa shape index (κ1) is 26.3. The molecule has 0 spiro atoms. The van der Waals surface area contributed by atoms with Crippen LogP contribution in [-0.4, -0.2) is 38.7 Å². The van der Waals surface area contributed by atoms with Gasteiger partial charge in [-0.25, -0.2) is 0 Å². The Morgan fingerprint density at radius 2 is 1.77 bits per heavy atom. The molecular weight excluding hydrogens is 534 g/mol. The summed E-state index contributed by atoms with van der Waals surface area (Å²) < 4.78 is 12.6. The number of nitrogens with zero attached hydrogens (tertiary/aromatic N) is 4. The smallest absolute Gasteiger partial charge is 0.307 e. The van der Waals surface area contributed by atoms with Crippen LogP contribution in [0.25, 0.3) is 6.08 Å². The minimum Gasteiger partial charge on any atom is -0.496 e. The van der Waals surface area contributed by atoms with E-state index in [0.29, 0.717) is 34.1 Å². The monoisotopic (exact) mass is 555 g/mol. The Morgan fingerprint density at radius 1 is 1.05 bits per heavy atom. The van der Waals surface area contributed by atoms with Crippen molar-refractivity contribution in [2.75, 3.05) is 12.0 Å². The molecule has 0 unspecified atom stereocenters. The largest absolute Gasteiger partial charge is 0.496 e. The molecule has 1 fully saturated rings. The van der Waals surface area contributed by atoms with Gasteiger partial charge in [-0.15, -0.1) is 0 Å². The average molecular weight is 556 g/mol. The van der Waals surface area contributed by atoms with Crippen LogP contribution >= 0.6 is 12.2 Å². The predicted molar refractivity (Wildman–Crippen MR) is 150 cm³/mol. The molecule has 0 atom stereocenters. The van der Waals surface area contributed by atoms with E-state index in [1.54, 1.807) is 42.5 Å². The van der Waals surface area contributed by atoms with Gasteiger partial charge in [-0.3, -0.25) is 34.6 Å². The number of hydrogen-bond acceptors (Lipinski definition) is 8. The van der Waals surface area contributed by atoms with E-state index in [1.807, 2.05) is 30.3 Å². The number of aromatic nitrogens is 2. The molecule has 40 heavy (non-hydrogen) atoms. The summed E-state index contributed by atoms with van der Waals surface area (Å²) in [6.45, 7) is 0.168. The highest BCUT2D eigenvalue weighted by atomic mass is 32.1. The number of ether oxygens (including phenoxy) is 2. The minimum atomic E-state index is -0.629. The lowest BCUT2D eigenvalue weighted by Gasteiger charge is -2.29. The molecule has 1 aromatic heterocycles. The zero-order valence-electron chi connectivity index (χ0n) is 21.0. The molecule has 3 aromatic carbocycles. The van der Waals surface area contributed by atoms with Gasteiger partial charge in [0.25, 0.3) is 11.8 Å². The van der Waals surface area contributed by atoms with Gasteiger partial charge in [-0.05, 0) is 72.4 Å². The number of thiocarbonyl (C=S) groups is 1. The fourth-order valence-corrected chi connectivity index (χ4v) is 4.35. The van der Waals surface area contributed by atoms with Crippen LogP contribution < -0.4 is 19.7 Å². The van der Waals surface area contributed by atoms with Crippen molar-refractivity contribution < 1.29 is 24.0 Å². The lowest BCUT2D eigenvalue weighted by molar-refractivity contribution is -0.385. The van der Waals surface area contributed by atoms with E-state index in [0.717, 1.165) is 6.20 Å². The summed E-state index contributed by atoms with van der Waals surface area (Å²) >= 11 is 5.31. The second kappa shape index (κ2) is 11.2. The van der Waals surface area contributed by atoms with Crippen LogP contribution in [0.4, 0.5) is 11.4 Å². The van der Waals surface area contributed by atoms with Crippen molar-refractivity contribution >= 4 is 46.6 Å². The van der Waals surface area contributed by atoms with Crippen molar-refractivity contribution in [1.82, 2.24) is 15.1 Å². The van der Waals surface area contributed by atoms with E-state index in [2.05, 4.69) is 10.4 Å². The lowest BCUT2D eigenvalue weighted by Crippen LogP contribution is -2.54. The van der Waals surface area contributed by atoms with Gasteiger partial charge in [0.15, 0.2) is 5.11 Å². The van der Waals surface area contributed by atoms with Crippen LogP contribution in [0.1, 0.15) is 11.1 Å². The highest BCUT2D eigenvalue weighted by molar-refractivity contribution is 7.80. The first-order valence-electron chi connectivity index (χ1n) is 11.9. The standard InChI is InChI=1S/C28H21N5O6S/c1-38-25-12-7-18(13-19(25)16-31-17-21(15-29-31)33(36)37)14-24-26(34)30-28(40)32(27(24)35)20-8-10-23(11-9-20)39-22-5-3-2-4-6-22/h2-15,17H,16H2,1H3,(H,30,34,40). The summed E-state index contributed by atoms with van der Waals surface area (Å²) in [5.41, 5.74) is 1.37. The summed E-state index contributed by atoms with van der Waals surface area (Å²) in [4.78, 5) is 38.0. The second-order valence-corrected chi connectivity index (χ2v) is 8.98. The number of hydrogen-bond donors (Lipinski definition) is 1. The first-order chi connectivity index (χ1) is 19.3. The molecule has 200 valence electrons. The quantitative estimate of drug-likeness (QED) is 0.111. The van der Waals surface area contributed by atoms with E-state index in [9.17, 15) is 19.7 Å². The van der Waals surface area contributed by atoms with E-state index in [4.69, 9.17) is 21.7 Å². The number of methoxy groups -OCH3 is 1. The van der Waals surface area contributed by atoms with E-state index in [1.165, 1.54) is 29.0 Å². The highest BCUT2D eigenvalue weighted by Gasteiger charge is 2.34. The molecular formula is C28H21N5O6S. The van der Waals surface area contributed by atoms with Crippen molar-refractivity contribution in [1.29, 1.82) is 0 Å². The Morgan fingerprint density at radius 3 is 2.45 bits per heavy atom. The van der Waals surface area contributed by atoms with Gasteiger partial charge in [-0.1, -0.05) is 24.3 Å². The number of nitro groups is 1. The number of carbonyl (C=O) groups excluding carboxylic acids is 2. The van der Waals surface area contributed by atoms with E-state index in [-0.39, 0.29) is 22.9 Å². The number of benzene rings is 3. The number of para-hydroxylation sites is 1. The van der Waals surface area contributed by atoms with Crippen molar-refractivity contribution in [2.24, 2.45) is 0 Å². The minimum absolute atomic E-state index is 0.0421. The van der Waals surface area contributed by atoms with Crippen molar-refractivity contribution in [3.05, 3.63) is 112 Å². The zero-order valence-corrected chi connectivity index (χ0v) is 21.8. The van der Waals surface area contributed by atoms with Crippen LogP contribution in [0.3, 0.4) is 0 Å². The number of rotatable bonds is 8. The maximum absolute atomic E-state index is 13.5. The van der Waals surface area contributed by atoms with Crippen LogP contribution in [0.2, 0.25) is 0 Å². The van der Waals surface area contributed by atoms with Gasteiger partial charge >= 0.3 is 5.69 Å². The summed E-state index contributed by atoms with van der Waals surface area (Å²) in [5.74, 6) is 0.529. The van der Waals surface area contributed by atoms with Gasteiger partial charge in [-0.2, -0.15) is 5.10 Å². The molecule has 0 radical (unpaired) electrons. The van der Waals surface area contributed by atoms with Crippen molar-refractivity contribution in [2.45, 2.75) is 6.54 Å². The highest BCUT2D eigenvalue weighted by Crippen LogP contribution is 2.28. The number of nitrogens with one attached hydrogen (secondary N) is 1. The Kier molecular flexibility index (Phi) is 7.33. The van der Waals surface area contributed by atoms with Gasteiger partial charge in [0, 0.05) is 5.56 Å². The fourth-order valence-electron chi connectivity index (χ4n) is 4.07. The molecule has 2 heterocycles. The Hall–Kier alpha value is -5.36. The maximum atomic E-state index is 13.5. The van der Waals surface area contributed by atoms with Gasteiger partial charge in [0.1, 0.15) is 35.2 Å². The molecule has 0 bridgehead atoms. The Labute approximate surface area is 233 Å². The second-order valence-electron chi connectivity index (χ2n) is 8.59. The molecule has 12 heteroatoms. The average Bonchev–Trinajstić information content (AvgIpc) is 3.42. The molecule has 11 nitrogen and oxygen atoms in total. The molecule has 2 amide bonds. The summed E-state index contributed by atoms with van der Waals surface area (Å²) in [6.07, 6.45) is 3.91. The van der Waals surface area contributed by atoms with Gasteiger partial charge in [0.2, 0.25) is 0 Å². The van der Waals surface area contributed by atoms with Crippen LogP contribution in [-0.2, 0) is 16.1 Å². The topological polar surface area (TPSA) is 129 Å². The van der Waals surface area contributed by atoms with Crippen LogP contribution in [0.5, 0.6) is 17.2 Å². The van der Waals surface area contributed by atoms with E-state index < -0.39 is 16.7 Å². The Balaban J connectivity index is 1.40. The molecule has 1 saturated heterocycles. The fraction of sp³-hybridized carbons (Fsp3) is 0.0714. The number of anilines is 1. The Bertz CT molecular complexity index is 1650. The van der Waals surface area contributed by atoms with E-state index >= 15 is 0 Å². The number of amides is 2. The van der Waals surface area contributed by atoms with Gasteiger partial charge in [0.05, 0.1) is 24.3 Å². The molecule has 5 rings (SSSR count). The van der Waals surface area contributed by atoms with Crippen molar-refractivity contribution in [3.63, 3.8) is 0 Å². The normalized spacial score (nSPS) is 14.3. The maximum Gasteiger partial charge on any atom is 0.307 e. The molecule has 1 aliphatic rings. The molecule has 0 aliphatic carbocycles. The van der Waals surface area contributed by atoms with Crippen LogP contribution in [0, 0.1) is 10.1 Å². The zero-order chi connectivity index (χ0) is 28.2.